The topological polar surface area (TPSA) is 311 Å². The van der Waals surface area contributed by atoms with Crippen molar-refractivity contribution in [1.82, 2.24) is 44.8 Å². The molecule has 1 saturated heterocycles. The van der Waals surface area contributed by atoms with Crippen LogP contribution < -0.4 is 32.4 Å². The Bertz CT molecular complexity index is 2480. The van der Waals surface area contributed by atoms with Gasteiger partial charge in [-0.1, -0.05) is 30.3 Å². The molecule has 1 aliphatic heterocycles. The van der Waals surface area contributed by atoms with E-state index in [-0.39, 0.29) is 73.5 Å². The molecule has 0 aliphatic carbocycles. The Morgan fingerprint density at radius 3 is 2.58 bits per heavy atom. The van der Waals surface area contributed by atoms with Gasteiger partial charge in [-0.05, 0) is 36.2 Å². The number of nitrogens with two attached hydrogens (primary N) is 2. The third kappa shape index (κ3) is 9.01. The van der Waals surface area contributed by atoms with Crippen LogP contribution >= 0.6 is 0 Å². The largest absolute Gasteiger partial charge is 0.480 e. The molecular formula is C36H36N12O9. The van der Waals surface area contributed by atoms with Gasteiger partial charge in [0.25, 0.3) is 11.5 Å². The van der Waals surface area contributed by atoms with Gasteiger partial charge in [0.2, 0.25) is 17.8 Å². The summed E-state index contributed by atoms with van der Waals surface area (Å²) in [5.41, 5.74) is 13.9. The summed E-state index contributed by atoms with van der Waals surface area (Å²) in [5, 5.41) is 26.0. The van der Waals surface area contributed by atoms with Gasteiger partial charge in [-0.2, -0.15) is 15.0 Å². The van der Waals surface area contributed by atoms with Crippen LogP contribution in [-0.2, 0) is 32.2 Å². The molecule has 0 radical (unpaired) electrons. The van der Waals surface area contributed by atoms with Crippen molar-refractivity contribution in [3.05, 3.63) is 94.3 Å². The molecule has 0 bridgehead atoms. The summed E-state index contributed by atoms with van der Waals surface area (Å²) >= 11 is 0. The minimum absolute atomic E-state index is 0.0374. The standard InChI is InChI=1S/C36H36N12O9/c37-35-44-29-27(32(52)46-35)42-21(14-40-29)13-39-20-8-6-19(7-9-20)31(51)43-22(34(53)54)10-11-26(50)55-16-24-23(49)12-25(57-24)48-17-41-28-30(48)45-36(38)47-33(28)56-15-18-4-2-1-3-5-18/h1-9,14,17,22-25,39,49H,10-13,15-16H2,(H,43,51)(H,53,54)(H2,38,45,47)(H3,37,40,44,46,52)/t22-,23?,24+,25+/m0/s1. The molecular weight excluding hydrogens is 744 g/mol. The first-order chi connectivity index (χ1) is 27.5. The van der Waals surface area contributed by atoms with Crippen LogP contribution in [0.15, 0.2) is 71.9 Å². The number of H-pyrrole nitrogens is 1. The number of esters is 1. The number of aromatic amines is 1. The van der Waals surface area contributed by atoms with E-state index in [2.05, 4.69) is 45.5 Å². The average molecular weight is 781 g/mol. The zero-order valence-corrected chi connectivity index (χ0v) is 29.9. The first kappa shape index (κ1) is 38.0. The van der Waals surface area contributed by atoms with E-state index >= 15 is 0 Å². The monoisotopic (exact) mass is 780 g/mol. The number of carbonyl (C=O) groups excluding carboxylic acids is 2. The second kappa shape index (κ2) is 16.6. The van der Waals surface area contributed by atoms with Crippen molar-refractivity contribution in [2.24, 2.45) is 0 Å². The maximum absolute atomic E-state index is 12.9. The average Bonchev–Trinajstić information content (AvgIpc) is 3.80. The van der Waals surface area contributed by atoms with Gasteiger partial charge in [-0.3, -0.25) is 23.9 Å². The molecule has 1 amide bonds. The summed E-state index contributed by atoms with van der Waals surface area (Å²) in [6, 6.07) is 14.3. The summed E-state index contributed by atoms with van der Waals surface area (Å²) in [5.74, 6) is -2.70. The van der Waals surface area contributed by atoms with Crippen molar-refractivity contribution in [2.75, 3.05) is 23.4 Å². The number of hydrogen-bond donors (Lipinski definition) is 7. The number of fused-ring (bicyclic) bond motifs is 2. The van der Waals surface area contributed by atoms with Crippen molar-refractivity contribution in [3.8, 4) is 5.88 Å². The molecule has 0 saturated carbocycles. The highest BCUT2D eigenvalue weighted by molar-refractivity contribution is 5.97. The number of nitrogen functional groups attached to an aromatic ring is 2. The van der Waals surface area contributed by atoms with E-state index in [4.69, 9.17) is 25.7 Å². The summed E-state index contributed by atoms with van der Waals surface area (Å²) in [7, 11) is 0. The van der Waals surface area contributed by atoms with Crippen LogP contribution in [0.2, 0.25) is 0 Å². The normalized spacial score (nSPS) is 17.0. The van der Waals surface area contributed by atoms with Crippen molar-refractivity contribution in [3.63, 3.8) is 0 Å². The number of amides is 1. The summed E-state index contributed by atoms with van der Waals surface area (Å²) in [6.07, 6.45) is -0.213. The number of aliphatic hydroxyl groups is 1. The molecule has 21 heteroatoms. The van der Waals surface area contributed by atoms with Gasteiger partial charge >= 0.3 is 11.9 Å². The smallest absolute Gasteiger partial charge is 0.326 e. The fraction of sp³-hybridized carbons (Fsp3) is 0.278. The molecule has 1 aliphatic rings. The lowest BCUT2D eigenvalue weighted by atomic mass is 10.1. The van der Waals surface area contributed by atoms with E-state index in [1.165, 1.54) is 24.7 Å². The van der Waals surface area contributed by atoms with Crippen LogP contribution in [0, 0.1) is 0 Å². The number of aliphatic hydroxyl groups excluding tert-OH is 1. The minimum Gasteiger partial charge on any atom is -0.480 e. The van der Waals surface area contributed by atoms with Crippen LogP contribution in [0.25, 0.3) is 22.3 Å². The zero-order valence-electron chi connectivity index (χ0n) is 29.9. The molecule has 5 heterocycles. The van der Waals surface area contributed by atoms with E-state index in [1.807, 2.05) is 30.3 Å². The first-order valence-corrected chi connectivity index (χ1v) is 17.6. The fourth-order valence-corrected chi connectivity index (χ4v) is 5.98. The number of aromatic nitrogens is 8. The molecule has 1 unspecified atom stereocenters. The Morgan fingerprint density at radius 2 is 1.81 bits per heavy atom. The van der Waals surface area contributed by atoms with E-state index in [0.29, 0.717) is 22.5 Å². The molecule has 7 rings (SSSR count). The zero-order chi connectivity index (χ0) is 40.1. The van der Waals surface area contributed by atoms with E-state index in [1.54, 1.807) is 16.7 Å². The fourth-order valence-electron chi connectivity index (χ4n) is 5.98. The molecule has 9 N–H and O–H groups in total. The highest BCUT2D eigenvalue weighted by Crippen LogP contribution is 2.33. The van der Waals surface area contributed by atoms with Gasteiger partial charge < -0.3 is 46.5 Å². The van der Waals surface area contributed by atoms with Gasteiger partial charge in [0.05, 0.1) is 30.9 Å². The Labute approximate surface area is 321 Å². The van der Waals surface area contributed by atoms with Crippen molar-refractivity contribution < 1.29 is 38.8 Å². The number of ether oxygens (including phenoxy) is 3. The Kier molecular flexibility index (Phi) is 11.1. The number of hydrogen-bond acceptors (Lipinski definition) is 17. The summed E-state index contributed by atoms with van der Waals surface area (Å²) < 4.78 is 18.8. The highest BCUT2D eigenvalue weighted by atomic mass is 16.6. The number of rotatable bonds is 15. The maximum atomic E-state index is 12.9. The maximum Gasteiger partial charge on any atom is 0.326 e. The van der Waals surface area contributed by atoms with Crippen LogP contribution in [0.4, 0.5) is 17.6 Å². The van der Waals surface area contributed by atoms with Crippen molar-refractivity contribution in [2.45, 2.75) is 56.9 Å². The quantitative estimate of drug-likeness (QED) is 0.0717. The molecule has 2 aromatic carbocycles. The van der Waals surface area contributed by atoms with Crippen LogP contribution in [0.1, 0.15) is 47.1 Å². The molecule has 294 valence electrons. The number of carbonyl (C=O) groups is 3. The lowest BCUT2D eigenvalue weighted by Gasteiger charge is -2.17. The predicted molar refractivity (Wildman–Crippen MR) is 200 cm³/mol. The van der Waals surface area contributed by atoms with E-state index in [0.717, 1.165) is 5.56 Å². The second-order valence-corrected chi connectivity index (χ2v) is 12.9. The number of aliphatic carboxylic acids is 1. The number of carboxylic acid groups (broad SMARTS) is 1. The van der Waals surface area contributed by atoms with Crippen molar-refractivity contribution >= 4 is 57.8 Å². The lowest BCUT2D eigenvalue weighted by molar-refractivity contribution is -0.150. The first-order valence-electron chi connectivity index (χ1n) is 17.6. The van der Waals surface area contributed by atoms with Crippen LogP contribution in [-0.4, -0.2) is 92.4 Å². The molecule has 4 aromatic heterocycles. The molecule has 4 atom stereocenters. The SMILES string of the molecule is Nc1nc(OCc2ccccc2)c2ncn([C@H]3CC(O)[C@@H](COC(=O)CC[C@H](NC(=O)c4ccc(NCc5cnc6nc(N)[nH]c(=O)c6n5)cc4)C(=O)O)O3)c2n1. The Morgan fingerprint density at radius 1 is 1.02 bits per heavy atom. The number of carboxylic acids is 1. The second-order valence-electron chi connectivity index (χ2n) is 12.9. The predicted octanol–water partition coefficient (Wildman–Crippen LogP) is 1.06. The number of nitrogens with zero attached hydrogens (tertiary/aromatic N) is 7. The van der Waals surface area contributed by atoms with E-state index < -0.39 is 47.9 Å². The van der Waals surface area contributed by atoms with Gasteiger partial charge in [-0.15, -0.1) is 0 Å². The van der Waals surface area contributed by atoms with Gasteiger partial charge in [-0.25, -0.2) is 19.7 Å². The molecule has 1 fully saturated rings. The summed E-state index contributed by atoms with van der Waals surface area (Å²) in [6.45, 7) is 0.111. The van der Waals surface area contributed by atoms with Gasteiger partial charge in [0.1, 0.15) is 31.6 Å². The van der Waals surface area contributed by atoms with E-state index in [9.17, 15) is 29.4 Å². The molecule has 57 heavy (non-hydrogen) atoms. The Hall–Kier alpha value is -7.26. The number of anilines is 3. The highest BCUT2D eigenvalue weighted by Gasteiger charge is 2.37. The van der Waals surface area contributed by atoms with Crippen LogP contribution in [0.5, 0.6) is 5.88 Å². The number of benzene rings is 2. The van der Waals surface area contributed by atoms with Crippen molar-refractivity contribution in [1.29, 1.82) is 0 Å². The van der Waals surface area contributed by atoms with Crippen LogP contribution in [0.3, 0.4) is 0 Å². The number of imidazole rings is 1. The molecule has 21 nitrogen and oxygen atoms in total. The van der Waals surface area contributed by atoms with Gasteiger partial charge in [0, 0.05) is 24.1 Å². The molecule has 6 aromatic rings. The minimum atomic E-state index is -1.40. The lowest BCUT2D eigenvalue weighted by Crippen LogP contribution is -2.41. The number of nitrogens with one attached hydrogen (secondary N) is 3. The molecule has 0 spiro atoms. The summed E-state index contributed by atoms with van der Waals surface area (Å²) in [4.78, 5) is 77.2. The third-order valence-electron chi connectivity index (χ3n) is 8.90. The Balaban J connectivity index is 0.876. The third-order valence-corrected chi connectivity index (χ3v) is 8.90. The van der Waals surface area contributed by atoms with Gasteiger partial charge in [0.15, 0.2) is 22.3 Å².